The third-order valence-corrected chi connectivity index (χ3v) is 6.13. The zero-order valence-electron chi connectivity index (χ0n) is 21.3. The number of aliphatic imine (C=N–C) groups is 1. The van der Waals surface area contributed by atoms with Gasteiger partial charge in [0.25, 0.3) is 5.91 Å². The van der Waals surface area contributed by atoms with Gasteiger partial charge in [0, 0.05) is 44.5 Å². The predicted molar refractivity (Wildman–Crippen MR) is 144 cm³/mol. The first-order chi connectivity index (χ1) is 18.8. The Bertz CT molecular complexity index is 1440. The first kappa shape index (κ1) is 27.5. The van der Waals surface area contributed by atoms with E-state index in [1.54, 1.807) is 48.0 Å². The van der Waals surface area contributed by atoms with Crippen molar-refractivity contribution in [3.63, 3.8) is 0 Å². The fourth-order valence-corrected chi connectivity index (χ4v) is 4.05. The lowest BCUT2D eigenvalue weighted by atomic mass is 10.1. The Morgan fingerprint density at radius 1 is 1.18 bits per heavy atom. The van der Waals surface area contributed by atoms with Gasteiger partial charge >= 0.3 is 12.1 Å². The summed E-state index contributed by atoms with van der Waals surface area (Å²) >= 11 is 0. The number of nitrogens with one attached hydrogen (secondary N) is 4. The molecule has 2 aromatic carbocycles. The molecule has 1 aromatic heterocycles. The molecule has 2 amide bonds. The lowest BCUT2D eigenvalue weighted by molar-refractivity contribution is -0.139. The van der Waals surface area contributed by atoms with Crippen LogP contribution in [-0.4, -0.2) is 59.3 Å². The second-order valence-corrected chi connectivity index (χ2v) is 9.00. The van der Waals surface area contributed by atoms with E-state index >= 15 is 0 Å². The van der Waals surface area contributed by atoms with Gasteiger partial charge in [-0.05, 0) is 29.7 Å². The van der Waals surface area contributed by atoms with E-state index in [0.29, 0.717) is 17.4 Å². The average Bonchev–Trinajstić information content (AvgIpc) is 2.95. The second-order valence-electron chi connectivity index (χ2n) is 9.00. The molecule has 0 saturated carbocycles. The minimum atomic E-state index is -1.46. The molecule has 0 bridgehead atoms. The Kier molecular flexibility index (Phi) is 9.02. The average molecular weight is 535 g/mol. The number of amides is 2. The number of carboxylic acids is 1. The summed E-state index contributed by atoms with van der Waals surface area (Å²) in [6, 6.07) is 12.8. The summed E-state index contributed by atoms with van der Waals surface area (Å²) in [5.41, 5.74) is 1.68. The van der Waals surface area contributed by atoms with Crippen molar-refractivity contribution in [2.24, 2.45) is 12.0 Å². The highest BCUT2D eigenvalue weighted by atomic mass is 16.5. The predicted octanol–water partition coefficient (Wildman–Crippen LogP) is 1.09. The van der Waals surface area contributed by atoms with Crippen LogP contribution in [0.5, 0.6) is 0 Å². The van der Waals surface area contributed by atoms with Crippen molar-refractivity contribution in [2.45, 2.75) is 31.9 Å². The molecule has 2 unspecified atom stereocenters. The summed E-state index contributed by atoms with van der Waals surface area (Å²) in [5.74, 6) is -2.12. The van der Waals surface area contributed by atoms with Gasteiger partial charge in [-0.1, -0.05) is 36.4 Å². The molecule has 1 aliphatic rings. The third kappa shape index (κ3) is 7.27. The van der Waals surface area contributed by atoms with Crippen LogP contribution >= 0.6 is 0 Å². The number of rotatable bonds is 10. The molecule has 0 saturated heterocycles. The lowest BCUT2D eigenvalue weighted by Gasteiger charge is -2.19. The minimum absolute atomic E-state index is 0.0400. The molecule has 0 spiro atoms. The standard InChI is InChI=1S/C27H30N6O6/c1-33-15-20(23(34)19-9-8-18(12-22(19)33)13-31-26-28-10-5-11-29-26)24(35)30-14-21(25(36)37)32-27(38)39-16-17-6-3-2-4-7-17/h2-4,6-10,12,15,21,26,29,31H,5,11,13-14,16H2,1H3,(H,30,35)(H,32,38)(H,36,37). The highest BCUT2D eigenvalue weighted by molar-refractivity contribution is 5.97. The molecule has 4 rings (SSSR count). The van der Waals surface area contributed by atoms with E-state index in [9.17, 15) is 24.3 Å². The molecule has 3 aromatic rings. The summed E-state index contributed by atoms with van der Waals surface area (Å²) < 4.78 is 6.72. The number of fused-ring (bicyclic) bond motifs is 1. The van der Waals surface area contributed by atoms with Crippen LogP contribution < -0.4 is 26.7 Å². The van der Waals surface area contributed by atoms with E-state index in [4.69, 9.17) is 4.74 Å². The number of aliphatic carboxylic acids is 1. The van der Waals surface area contributed by atoms with E-state index in [1.807, 2.05) is 18.3 Å². The Labute approximate surface area is 224 Å². The van der Waals surface area contributed by atoms with Gasteiger partial charge in [-0.3, -0.25) is 25.2 Å². The lowest BCUT2D eigenvalue weighted by Crippen LogP contribution is -2.49. The van der Waals surface area contributed by atoms with Crippen LogP contribution in [0.4, 0.5) is 4.79 Å². The molecule has 0 fully saturated rings. The number of carbonyl (C=O) groups is 3. The first-order valence-electron chi connectivity index (χ1n) is 12.4. The largest absolute Gasteiger partial charge is 0.480 e. The number of aromatic nitrogens is 1. The molecule has 1 aliphatic heterocycles. The second kappa shape index (κ2) is 12.8. The van der Waals surface area contributed by atoms with Gasteiger partial charge in [0.2, 0.25) is 5.43 Å². The summed E-state index contributed by atoms with van der Waals surface area (Å²) in [5, 5.41) is 21.0. The van der Waals surface area contributed by atoms with E-state index in [2.05, 4.69) is 26.3 Å². The van der Waals surface area contributed by atoms with Gasteiger partial charge in [0.1, 0.15) is 18.2 Å². The number of carbonyl (C=O) groups excluding carboxylic acids is 2. The number of hydrogen-bond donors (Lipinski definition) is 5. The Hall–Kier alpha value is -4.55. The van der Waals surface area contributed by atoms with Crippen LogP contribution in [-0.2, 0) is 29.7 Å². The molecule has 2 atom stereocenters. The fourth-order valence-electron chi connectivity index (χ4n) is 4.05. The van der Waals surface area contributed by atoms with Crippen molar-refractivity contribution < 1.29 is 24.2 Å². The van der Waals surface area contributed by atoms with E-state index in [0.717, 1.165) is 24.1 Å². The maximum atomic E-state index is 13.1. The number of ether oxygens (including phenoxy) is 1. The summed E-state index contributed by atoms with van der Waals surface area (Å²) in [7, 11) is 1.72. The molecule has 204 valence electrons. The van der Waals surface area contributed by atoms with Crippen LogP contribution in [0.1, 0.15) is 27.9 Å². The van der Waals surface area contributed by atoms with Crippen LogP contribution in [0, 0.1) is 0 Å². The van der Waals surface area contributed by atoms with Crippen LogP contribution in [0.25, 0.3) is 10.9 Å². The van der Waals surface area contributed by atoms with E-state index in [1.165, 1.54) is 6.20 Å². The first-order valence-corrected chi connectivity index (χ1v) is 12.4. The molecule has 12 nitrogen and oxygen atoms in total. The summed E-state index contributed by atoms with van der Waals surface area (Å²) in [6.45, 7) is 0.887. The van der Waals surface area contributed by atoms with Gasteiger partial charge in [-0.2, -0.15) is 0 Å². The zero-order chi connectivity index (χ0) is 27.8. The molecule has 2 heterocycles. The number of benzene rings is 2. The summed E-state index contributed by atoms with van der Waals surface area (Å²) in [4.78, 5) is 54.0. The third-order valence-electron chi connectivity index (χ3n) is 6.13. The van der Waals surface area contributed by atoms with Gasteiger partial charge in [0.05, 0.1) is 5.52 Å². The van der Waals surface area contributed by atoms with Gasteiger partial charge < -0.3 is 25.0 Å². The van der Waals surface area contributed by atoms with E-state index in [-0.39, 0.29) is 18.5 Å². The van der Waals surface area contributed by atoms with Crippen LogP contribution in [0.3, 0.4) is 0 Å². The van der Waals surface area contributed by atoms with Crippen molar-refractivity contribution in [3.05, 3.63) is 81.6 Å². The van der Waals surface area contributed by atoms with Gasteiger partial charge in [0.15, 0.2) is 6.29 Å². The van der Waals surface area contributed by atoms with Crippen LogP contribution in [0.15, 0.2) is 64.5 Å². The number of hydrogen-bond acceptors (Lipinski definition) is 8. The van der Waals surface area contributed by atoms with Crippen molar-refractivity contribution in [2.75, 3.05) is 13.1 Å². The Morgan fingerprint density at radius 2 is 1.97 bits per heavy atom. The smallest absolute Gasteiger partial charge is 0.408 e. The Balaban J connectivity index is 1.38. The highest BCUT2D eigenvalue weighted by Gasteiger charge is 2.23. The van der Waals surface area contributed by atoms with Crippen molar-refractivity contribution >= 4 is 35.1 Å². The maximum Gasteiger partial charge on any atom is 0.408 e. The number of nitrogens with zero attached hydrogens (tertiary/aromatic N) is 2. The molecule has 0 aliphatic carbocycles. The van der Waals surface area contributed by atoms with E-state index < -0.39 is 36.0 Å². The monoisotopic (exact) mass is 534 g/mol. The summed E-state index contributed by atoms with van der Waals surface area (Å²) in [6.07, 6.45) is 3.05. The topological polar surface area (TPSA) is 163 Å². The SMILES string of the molecule is Cn1cc(C(=O)NCC(NC(=O)OCc2ccccc2)C(=O)O)c(=O)c2ccc(CNC3N=CCCN3)cc21. The molecule has 0 radical (unpaired) electrons. The quantitative estimate of drug-likeness (QED) is 0.258. The minimum Gasteiger partial charge on any atom is -0.480 e. The number of alkyl carbamates (subject to hydrolysis) is 1. The maximum absolute atomic E-state index is 13.1. The molecular weight excluding hydrogens is 504 g/mol. The fraction of sp³-hybridized carbons (Fsp3) is 0.296. The van der Waals surface area contributed by atoms with Crippen molar-refractivity contribution in [1.82, 2.24) is 25.8 Å². The molecule has 39 heavy (non-hydrogen) atoms. The number of pyridine rings is 1. The molecular formula is C27H30N6O6. The van der Waals surface area contributed by atoms with Gasteiger partial charge in [-0.15, -0.1) is 0 Å². The normalized spacial score (nSPS) is 15.5. The zero-order valence-corrected chi connectivity index (χ0v) is 21.3. The molecule has 5 N–H and O–H groups in total. The Morgan fingerprint density at radius 3 is 2.69 bits per heavy atom. The van der Waals surface area contributed by atoms with Crippen molar-refractivity contribution in [3.8, 4) is 0 Å². The van der Waals surface area contributed by atoms with Crippen molar-refractivity contribution in [1.29, 1.82) is 0 Å². The number of carboxylic acid groups (broad SMARTS) is 1. The highest BCUT2D eigenvalue weighted by Crippen LogP contribution is 2.14. The van der Waals surface area contributed by atoms with Crippen LogP contribution in [0.2, 0.25) is 0 Å². The molecule has 12 heteroatoms. The number of aryl methyl sites for hydroxylation is 1. The van der Waals surface area contributed by atoms with Gasteiger partial charge in [-0.25, -0.2) is 9.59 Å².